The van der Waals surface area contributed by atoms with Gasteiger partial charge in [-0.05, 0) is 68.2 Å². The van der Waals surface area contributed by atoms with Crippen molar-refractivity contribution in [3.05, 3.63) is 42.2 Å². The number of hydrogen-bond donors (Lipinski definition) is 1. The Balaban J connectivity index is 1.42. The summed E-state index contributed by atoms with van der Waals surface area (Å²) < 4.78 is 1.88. The first-order valence-corrected chi connectivity index (χ1v) is 8.60. The molecule has 0 saturated heterocycles. The minimum Gasteiger partial charge on any atom is -0.326 e. The van der Waals surface area contributed by atoms with E-state index >= 15 is 0 Å². The number of hydrogen-bond acceptors (Lipinski definition) is 2. The lowest BCUT2D eigenvalue weighted by Crippen LogP contribution is -2.20. The van der Waals surface area contributed by atoms with Gasteiger partial charge < -0.3 is 5.32 Å². The molecule has 0 unspecified atom stereocenters. The van der Waals surface area contributed by atoms with Gasteiger partial charge >= 0.3 is 0 Å². The largest absolute Gasteiger partial charge is 0.326 e. The fourth-order valence-electron chi connectivity index (χ4n) is 4.43. The normalized spacial score (nSPS) is 25.7. The Bertz CT molecular complexity index is 721. The number of aryl methyl sites for hydroxylation is 1. The van der Waals surface area contributed by atoms with Crippen molar-refractivity contribution in [3.8, 4) is 5.69 Å². The number of fused-ring (bicyclic) bond motifs is 2. The quantitative estimate of drug-likeness (QED) is 0.929. The lowest BCUT2D eigenvalue weighted by molar-refractivity contribution is -0.117. The number of carbonyl (C=O) groups is 1. The number of carbonyl (C=O) groups excluding carboxylic acids is 1. The van der Waals surface area contributed by atoms with Crippen LogP contribution in [0.3, 0.4) is 0 Å². The second-order valence-corrected chi connectivity index (χ2v) is 7.12. The topological polar surface area (TPSA) is 46.9 Å². The summed E-state index contributed by atoms with van der Waals surface area (Å²) in [6.45, 7) is 2.02. The van der Waals surface area contributed by atoms with Gasteiger partial charge in [0.05, 0.1) is 5.69 Å². The predicted octanol–water partition coefficient (Wildman–Crippen LogP) is 3.95. The van der Waals surface area contributed by atoms with Crippen molar-refractivity contribution in [2.45, 2.75) is 39.0 Å². The molecule has 3 atom stereocenters. The number of amides is 1. The maximum Gasteiger partial charge on any atom is 0.224 e. The summed E-state index contributed by atoms with van der Waals surface area (Å²) in [5.74, 6) is 2.44. The summed E-state index contributed by atoms with van der Waals surface area (Å²) in [7, 11) is 0. The zero-order chi connectivity index (χ0) is 15.8. The summed E-state index contributed by atoms with van der Waals surface area (Å²) in [4.78, 5) is 12.4. The van der Waals surface area contributed by atoms with Crippen molar-refractivity contribution in [2.75, 3.05) is 5.32 Å². The minimum atomic E-state index is 0.150. The minimum absolute atomic E-state index is 0.150. The summed E-state index contributed by atoms with van der Waals surface area (Å²) >= 11 is 0. The predicted molar refractivity (Wildman–Crippen MR) is 90.5 cm³/mol. The van der Waals surface area contributed by atoms with Crippen LogP contribution in [0.1, 0.15) is 37.8 Å². The Kier molecular flexibility index (Phi) is 3.68. The molecule has 1 aromatic heterocycles. The summed E-state index contributed by atoms with van der Waals surface area (Å²) in [5.41, 5.74) is 2.91. The lowest BCUT2D eigenvalue weighted by atomic mass is 9.86. The van der Waals surface area contributed by atoms with E-state index in [1.54, 1.807) is 6.20 Å². The van der Waals surface area contributed by atoms with Crippen molar-refractivity contribution < 1.29 is 4.79 Å². The Hall–Kier alpha value is -2.10. The number of nitrogens with one attached hydrogen (secondary N) is 1. The van der Waals surface area contributed by atoms with Gasteiger partial charge in [-0.3, -0.25) is 4.79 Å². The number of anilines is 1. The molecule has 2 bridgehead atoms. The second kappa shape index (κ2) is 5.84. The van der Waals surface area contributed by atoms with Crippen LogP contribution in [0, 0.1) is 24.7 Å². The van der Waals surface area contributed by atoms with Crippen LogP contribution in [-0.2, 0) is 4.79 Å². The molecule has 4 rings (SSSR count). The Morgan fingerprint density at radius 2 is 2.22 bits per heavy atom. The van der Waals surface area contributed by atoms with E-state index in [1.807, 2.05) is 41.9 Å². The summed E-state index contributed by atoms with van der Waals surface area (Å²) in [6, 6.07) is 9.87. The van der Waals surface area contributed by atoms with Gasteiger partial charge in [0.15, 0.2) is 0 Å². The summed E-state index contributed by atoms with van der Waals surface area (Å²) in [5, 5.41) is 7.39. The monoisotopic (exact) mass is 309 g/mol. The molecule has 1 aromatic carbocycles. The lowest BCUT2D eigenvalue weighted by Gasteiger charge is -2.21. The van der Waals surface area contributed by atoms with Crippen LogP contribution in [0.4, 0.5) is 5.69 Å². The number of benzene rings is 1. The third kappa shape index (κ3) is 2.90. The van der Waals surface area contributed by atoms with Crippen molar-refractivity contribution in [3.63, 3.8) is 0 Å². The zero-order valence-electron chi connectivity index (χ0n) is 13.5. The molecule has 2 aromatic rings. The van der Waals surface area contributed by atoms with E-state index in [0.29, 0.717) is 12.3 Å². The molecule has 2 fully saturated rings. The Labute approximate surface area is 136 Å². The van der Waals surface area contributed by atoms with Crippen LogP contribution in [0.15, 0.2) is 36.5 Å². The van der Waals surface area contributed by atoms with Gasteiger partial charge in [-0.25, -0.2) is 4.68 Å². The number of nitrogens with zero attached hydrogens (tertiary/aromatic N) is 2. The molecule has 0 radical (unpaired) electrons. The van der Waals surface area contributed by atoms with E-state index < -0.39 is 0 Å². The van der Waals surface area contributed by atoms with E-state index in [0.717, 1.165) is 28.9 Å². The first-order chi connectivity index (χ1) is 11.2. The molecular weight excluding hydrogens is 286 g/mol. The van der Waals surface area contributed by atoms with Crippen LogP contribution in [0.2, 0.25) is 0 Å². The molecule has 2 aliphatic carbocycles. The molecular formula is C19H23N3O. The van der Waals surface area contributed by atoms with Crippen molar-refractivity contribution in [1.29, 1.82) is 0 Å². The maximum atomic E-state index is 12.4. The van der Waals surface area contributed by atoms with Crippen LogP contribution < -0.4 is 5.32 Å². The highest BCUT2D eigenvalue weighted by Gasteiger charge is 2.40. The Morgan fingerprint density at radius 1 is 1.30 bits per heavy atom. The van der Waals surface area contributed by atoms with Crippen LogP contribution in [0.5, 0.6) is 0 Å². The first-order valence-electron chi connectivity index (χ1n) is 8.60. The third-order valence-electron chi connectivity index (χ3n) is 5.54. The second-order valence-electron chi connectivity index (χ2n) is 7.12. The maximum absolute atomic E-state index is 12.4. The zero-order valence-corrected chi connectivity index (χ0v) is 13.5. The van der Waals surface area contributed by atoms with Gasteiger partial charge in [-0.2, -0.15) is 5.10 Å². The van der Waals surface area contributed by atoms with Crippen molar-refractivity contribution >= 4 is 11.6 Å². The van der Waals surface area contributed by atoms with E-state index in [4.69, 9.17) is 0 Å². The Morgan fingerprint density at radius 3 is 2.91 bits per heavy atom. The highest BCUT2D eigenvalue weighted by atomic mass is 16.1. The van der Waals surface area contributed by atoms with Gasteiger partial charge in [0.1, 0.15) is 0 Å². The van der Waals surface area contributed by atoms with Crippen LogP contribution in [0.25, 0.3) is 5.69 Å². The van der Waals surface area contributed by atoms with E-state index in [9.17, 15) is 4.79 Å². The van der Waals surface area contributed by atoms with E-state index in [-0.39, 0.29) is 5.91 Å². The molecule has 4 nitrogen and oxygen atoms in total. The molecule has 1 amide bonds. The molecule has 2 aliphatic rings. The van der Waals surface area contributed by atoms with Crippen molar-refractivity contribution in [1.82, 2.24) is 9.78 Å². The fraction of sp³-hybridized carbons (Fsp3) is 0.474. The third-order valence-corrected chi connectivity index (χ3v) is 5.54. The summed E-state index contributed by atoms with van der Waals surface area (Å²) in [6.07, 6.45) is 7.78. The van der Waals surface area contributed by atoms with Gasteiger partial charge in [-0.1, -0.05) is 12.5 Å². The van der Waals surface area contributed by atoms with Crippen LogP contribution >= 0.6 is 0 Å². The van der Waals surface area contributed by atoms with E-state index in [2.05, 4.69) is 10.4 Å². The van der Waals surface area contributed by atoms with Gasteiger partial charge in [0.2, 0.25) is 5.91 Å². The van der Waals surface area contributed by atoms with Crippen molar-refractivity contribution in [2.24, 2.45) is 17.8 Å². The fourth-order valence-corrected chi connectivity index (χ4v) is 4.43. The molecule has 1 heterocycles. The highest BCUT2D eigenvalue weighted by Crippen LogP contribution is 2.49. The number of rotatable bonds is 4. The molecule has 2 saturated carbocycles. The van der Waals surface area contributed by atoms with E-state index in [1.165, 1.54) is 25.7 Å². The smallest absolute Gasteiger partial charge is 0.224 e. The standard InChI is InChI=1S/C19H23N3O/c1-13-7-8-20-22(13)18-4-2-3-17(12-18)21-19(23)11-16-10-14-5-6-15(16)9-14/h2-4,7-8,12,14-16H,5-6,9-11H2,1H3,(H,21,23)/t14-,15-,16+/m0/s1. The van der Waals surface area contributed by atoms with Gasteiger partial charge in [0, 0.05) is 24.0 Å². The average Bonchev–Trinajstić information content (AvgIpc) is 3.24. The molecule has 0 aliphatic heterocycles. The molecule has 1 N–H and O–H groups in total. The molecule has 23 heavy (non-hydrogen) atoms. The van der Waals surface area contributed by atoms with Crippen LogP contribution in [-0.4, -0.2) is 15.7 Å². The molecule has 4 heteroatoms. The molecule has 120 valence electrons. The van der Waals surface area contributed by atoms with Gasteiger partial charge in [-0.15, -0.1) is 0 Å². The molecule has 0 spiro atoms. The number of aromatic nitrogens is 2. The van der Waals surface area contributed by atoms with Gasteiger partial charge in [0.25, 0.3) is 0 Å². The first kappa shape index (κ1) is 14.5. The average molecular weight is 309 g/mol. The SMILES string of the molecule is Cc1ccnn1-c1cccc(NC(=O)C[C@H]2C[C@H]3CC[C@H]2C3)c1. The highest BCUT2D eigenvalue weighted by molar-refractivity contribution is 5.91.